The van der Waals surface area contributed by atoms with Crippen LogP contribution < -0.4 is 4.74 Å². The summed E-state index contributed by atoms with van der Waals surface area (Å²) in [4.78, 5) is 0. The zero-order chi connectivity index (χ0) is 8.10. The molecule has 0 saturated carbocycles. The van der Waals surface area contributed by atoms with Crippen molar-refractivity contribution in [1.29, 1.82) is 0 Å². The van der Waals surface area contributed by atoms with Gasteiger partial charge in [-0.25, -0.2) is 0 Å². The Bertz CT molecular complexity index is 244. The fourth-order valence-corrected chi connectivity index (χ4v) is 0.680. The minimum Gasteiger partial charge on any atom is -0.440 e. The van der Waals surface area contributed by atoms with Gasteiger partial charge in [-0.15, -0.1) is 0 Å². The minimum atomic E-state index is 0.233. The summed E-state index contributed by atoms with van der Waals surface area (Å²) in [5.74, 6) is 0.902. The van der Waals surface area contributed by atoms with E-state index in [9.17, 15) is 0 Å². The Kier molecular flexibility index (Phi) is 2.49. The summed E-state index contributed by atoms with van der Waals surface area (Å²) in [5.41, 5.74) is 0. The molecule has 1 aromatic rings. The number of hydrogen-bond donors (Lipinski definition) is 1. The van der Waals surface area contributed by atoms with Crippen LogP contribution in [0.25, 0.3) is 0 Å². The van der Waals surface area contributed by atoms with Gasteiger partial charge in [-0.05, 0) is 12.1 Å². The van der Waals surface area contributed by atoms with Gasteiger partial charge in [0, 0.05) is 6.92 Å². The highest BCUT2D eigenvalue weighted by atomic mass is 16.5. The van der Waals surface area contributed by atoms with Crippen LogP contribution in [0.15, 0.2) is 35.5 Å². The average Bonchev–Trinajstić information content (AvgIpc) is 2.06. The van der Waals surface area contributed by atoms with Crippen LogP contribution in [0.3, 0.4) is 0 Å². The molecule has 0 saturated heterocycles. The Morgan fingerprint density at radius 3 is 2.55 bits per heavy atom. The third-order valence-electron chi connectivity index (χ3n) is 1.15. The van der Waals surface area contributed by atoms with Gasteiger partial charge in [0.1, 0.15) is 5.75 Å². The molecule has 0 aliphatic heterocycles. The second-order valence-corrected chi connectivity index (χ2v) is 2.03. The van der Waals surface area contributed by atoms with Crippen molar-refractivity contribution in [2.24, 2.45) is 5.16 Å². The number of rotatable bonds is 1. The number of nitrogens with zero attached hydrogens (tertiary/aromatic N) is 1. The monoisotopic (exact) mass is 151 g/mol. The second-order valence-electron chi connectivity index (χ2n) is 2.03. The molecule has 58 valence electrons. The molecule has 3 nitrogen and oxygen atoms in total. The van der Waals surface area contributed by atoms with Crippen molar-refractivity contribution in [2.75, 3.05) is 0 Å². The number of oxime groups is 1. The van der Waals surface area contributed by atoms with Gasteiger partial charge in [0.25, 0.3) is 0 Å². The molecule has 1 N–H and O–H groups in total. The number of hydrogen-bond acceptors (Lipinski definition) is 3. The first-order valence-electron chi connectivity index (χ1n) is 3.24. The SMILES string of the molecule is C/C(=N/O)Oc1ccccc1. The number of ether oxygens (including phenoxy) is 1. The maximum atomic E-state index is 8.26. The standard InChI is InChI=1S/C8H9NO2/c1-7(9-10)11-8-5-3-2-4-6-8/h2-6,10H,1H3/b9-7-. The van der Waals surface area contributed by atoms with E-state index in [4.69, 9.17) is 9.94 Å². The van der Waals surface area contributed by atoms with Crippen molar-refractivity contribution in [3.05, 3.63) is 30.3 Å². The van der Waals surface area contributed by atoms with E-state index >= 15 is 0 Å². The van der Waals surface area contributed by atoms with Crippen LogP contribution in [-0.4, -0.2) is 11.1 Å². The first-order valence-corrected chi connectivity index (χ1v) is 3.24. The van der Waals surface area contributed by atoms with Gasteiger partial charge < -0.3 is 9.94 Å². The lowest BCUT2D eigenvalue weighted by Gasteiger charge is -2.00. The van der Waals surface area contributed by atoms with Gasteiger partial charge >= 0.3 is 0 Å². The highest BCUT2D eigenvalue weighted by molar-refractivity contribution is 5.74. The molecule has 1 aromatic carbocycles. The molecule has 0 radical (unpaired) electrons. The number of para-hydroxylation sites is 1. The molecule has 3 heteroatoms. The first kappa shape index (κ1) is 7.60. The largest absolute Gasteiger partial charge is 0.440 e. The third kappa shape index (κ3) is 2.29. The van der Waals surface area contributed by atoms with E-state index in [2.05, 4.69) is 5.16 Å². The molecule has 0 atom stereocenters. The lowest BCUT2D eigenvalue weighted by atomic mass is 10.3. The lowest BCUT2D eigenvalue weighted by Crippen LogP contribution is -2.01. The van der Waals surface area contributed by atoms with E-state index in [1.165, 1.54) is 0 Å². The van der Waals surface area contributed by atoms with Gasteiger partial charge in [-0.2, -0.15) is 0 Å². The molecule has 0 aliphatic rings. The van der Waals surface area contributed by atoms with Gasteiger partial charge in [0.05, 0.1) is 0 Å². The minimum absolute atomic E-state index is 0.233. The Balaban J connectivity index is 2.65. The van der Waals surface area contributed by atoms with E-state index < -0.39 is 0 Å². The van der Waals surface area contributed by atoms with Crippen molar-refractivity contribution >= 4 is 5.90 Å². The highest BCUT2D eigenvalue weighted by Crippen LogP contribution is 2.08. The van der Waals surface area contributed by atoms with Crippen LogP contribution >= 0.6 is 0 Å². The van der Waals surface area contributed by atoms with Gasteiger partial charge in [-0.3, -0.25) is 0 Å². The second kappa shape index (κ2) is 3.61. The van der Waals surface area contributed by atoms with Crippen molar-refractivity contribution in [1.82, 2.24) is 0 Å². The first-order chi connectivity index (χ1) is 5.33. The zero-order valence-corrected chi connectivity index (χ0v) is 6.19. The van der Waals surface area contributed by atoms with E-state index in [0.29, 0.717) is 5.75 Å². The van der Waals surface area contributed by atoms with Crippen molar-refractivity contribution in [2.45, 2.75) is 6.92 Å². The van der Waals surface area contributed by atoms with Crippen LogP contribution in [0.1, 0.15) is 6.92 Å². The summed E-state index contributed by atoms with van der Waals surface area (Å²) < 4.78 is 5.06. The summed E-state index contributed by atoms with van der Waals surface area (Å²) in [6.45, 7) is 1.58. The van der Waals surface area contributed by atoms with Crippen LogP contribution in [0.2, 0.25) is 0 Å². The molecule has 0 amide bonds. The molecule has 0 bridgehead atoms. The average molecular weight is 151 g/mol. The predicted molar refractivity (Wildman–Crippen MR) is 42.0 cm³/mol. The molecular weight excluding hydrogens is 142 g/mol. The summed E-state index contributed by atoms with van der Waals surface area (Å²) in [6, 6.07) is 9.15. The topological polar surface area (TPSA) is 41.8 Å². The van der Waals surface area contributed by atoms with Crippen LogP contribution in [0.4, 0.5) is 0 Å². The van der Waals surface area contributed by atoms with E-state index in [0.717, 1.165) is 0 Å². The molecule has 1 rings (SSSR count). The maximum Gasteiger partial charge on any atom is 0.227 e. The zero-order valence-electron chi connectivity index (χ0n) is 6.19. The van der Waals surface area contributed by atoms with Gasteiger partial charge in [0.2, 0.25) is 5.90 Å². The van der Waals surface area contributed by atoms with Crippen LogP contribution in [0.5, 0.6) is 5.75 Å². The van der Waals surface area contributed by atoms with E-state index in [1.54, 1.807) is 19.1 Å². The van der Waals surface area contributed by atoms with Crippen molar-refractivity contribution < 1.29 is 9.94 Å². The summed E-state index contributed by atoms with van der Waals surface area (Å²) >= 11 is 0. The quantitative estimate of drug-likeness (QED) is 0.288. The van der Waals surface area contributed by atoms with Crippen molar-refractivity contribution in [3.8, 4) is 5.75 Å². The van der Waals surface area contributed by atoms with E-state index in [-0.39, 0.29) is 5.90 Å². The Hall–Kier alpha value is -1.51. The lowest BCUT2D eigenvalue weighted by molar-refractivity contribution is 0.303. The summed E-state index contributed by atoms with van der Waals surface area (Å²) in [5, 5.41) is 11.1. The Morgan fingerprint density at radius 2 is 2.00 bits per heavy atom. The molecule has 11 heavy (non-hydrogen) atoms. The smallest absolute Gasteiger partial charge is 0.227 e. The highest BCUT2D eigenvalue weighted by Gasteiger charge is 1.92. The molecule has 0 aromatic heterocycles. The normalized spacial score (nSPS) is 11.2. The molecule has 0 spiro atoms. The number of benzene rings is 1. The molecule has 0 aliphatic carbocycles. The van der Waals surface area contributed by atoms with Crippen LogP contribution in [0, 0.1) is 0 Å². The van der Waals surface area contributed by atoms with Gasteiger partial charge in [-0.1, -0.05) is 23.4 Å². The van der Waals surface area contributed by atoms with Crippen LogP contribution in [-0.2, 0) is 0 Å². The van der Waals surface area contributed by atoms with Gasteiger partial charge in [0.15, 0.2) is 0 Å². The summed E-state index contributed by atoms with van der Waals surface area (Å²) in [7, 11) is 0. The predicted octanol–water partition coefficient (Wildman–Crippen LogP) is 1.87. The Morgan fingerprint density at radius 1 is 1.36 bits per heavy atom. The fraction of sp³-hybridized carbons (Fsp3) is 0.125. The molecule has 0 heterocycles. The van der Waals surface area contributed by atoms with E-state index in [1.807, 2.05) is 18.2 Å². The third-order valence-corrected chi connectivity index (χ3v) is 1.15. The molecule has 0 unspecified atom stereocenters. The molecule has 0 fully saturated rings. The van der Waals surface area contributed by atoms with Crippen molar-refractivity contribution in [3.63, 3.8) is 0 Å². The Labute approximate surface area is 64.9 Å². The maximum absolute atomic E-state index is 8.26. The fourth-order valence-electron chi connectivity index (χ4n) is 0.680. The molecular formula is C8H9NO2. The summed E-state index contributed by atoms with van der Waals surface area (Å²) in [6.07, 6.45) is 0.